The summed E-state index contributed by atoms with van der Waals surface area (Å²) in [5, 5.41) is 32.7. The van der Waals surface area contributed by atoms with E-state index in [1.807, 2.05) is 0 Å². The van der Waals surface area contributed by atoms with Crippen molar-refractivity contribution in [2.24, 2.45) is 5.92 Å². The minimum absolute atomic E-state index is 0.0615. The maximum atomic E-state index is 13.2. The minimum Gasteiger partial charge on any atom is -0.388 e. The molecular weight excluding hydrogens is 436 g/mol. The van der Waals surface area contributed by atoms with Crippen LogP contribution in [0, 0.1) is 16.0 Å². The number of aliphatic hydroxyl groups excluding tert-OH is 1. The van der Waals surface area contributed by atoms with Crippen LogP contribution in [0.25, 0.3) is 0 Å². The number of hydroxylamine groups is 4. The number of nitro groups is 1. The van der Waals surface area contributed by atoms with Crippen molar-refractivity contribution in [1.82, 2.24) is 0 Å². The topological polar surface area (TPSA) is 110 Å². The smallest absolute Gasteiger partial charge is 0.388 e. The Morgan fingerprint density at radius 1 is 1.28 bits per heavy atom. The number of hydrogen-bond acceptors (Lipinski definition) is 6. The molecule has 1 aliphatic rings. The fourth-order valence-electron chi connectivity index (χ4n) is 4.33. The van der Waals surface area contributed by atoms with Gasteiger partial charge in [0.1, 0.15) is 5.02 Å². The van der Waals surface area contributed by atoms with Crippen molar-refractivity contribution < 1.29 is 29.7 Å². The molecule has 1 saturated carbocycles. The number of quaternary nitrogens is 1. The van der Waals surface area contributed by atoms with E-state index in [4.69, 9.17) is 16.4 Å². The fourth-order valence-corrected chi connectivity index (χ4v) is 4.68. The van der Waals surface area contributed by atoms with Crippen LogP contribution in [-0.4, -0.2) is 32.0 Å². The van der Waals surface area contributed by atoms with Crippen LogP contribution in [0.2, 0.25) is 5.02 Å². The van der Waals surface area contributed by atoms with Crippen LogP contribution >= 0.6 is 11.6 Å². The zero-order valence-electron chi connectivity index (χ0n) is 19.3. The number of unbranched alkanes of at least 4 members (excludes halogenated alkanes) is 1. The lowest BCUT2D eigenvalue weighted by molar-refractivity contribution is -1.18. The van der Waals surface area contributed by atoms with Gasteiger partial charge in [0.25, 0.3) is 5.69 Å². The van der Waals surface area contributed by atoms with Gasteiger partial charge in [0.2, 0.25) is 5.75 Å². The summed E-state index contributed by atoms with van der Waals surface area (Å²) in [7, 11) is 0. The van der Waals surface area contributed by atoms with Crippen molar-refractivity contribution in [3.8, 4) is 5.75 Å². The molecule has 2 N–H and O–H groups in total. The van der Waals surface area contributed by atoms with Crippen molar-refractivity contribution in [2.75, 3.05) is 0 Å². The zero-order valence-corrected chi connectivity index (χ0v) is 20.0. The summed E-state index contributed by atoms with van der Waals surface area (Å²) in [6.07, 6.45) is 6.81. The number of rotatable bonds is 11. The molecule has 2 rings (SSSR count). The number of halogens is 1. The molecule has 8 nitrogen and oxygen atoms in total. The monoisotopic (exact) mass is 471 g/mol. The van der Waals surface area contributed by atoms with E-state index in [9.17, 15) is 25.2 Å². The molecule has 1 aromatic carbocycles. The van der Waals surface area contributed by atoms with Gasteiger partial charge >= 0.3 is 5.91 Å². The Hall–Kier alpha value is -1.74. The van der Waals surface area contributed by atoms with E-state index in [-0.39, 0.29) is 28.4 Å². The van der Waals surface area contributed by atoms with Gasteiger partial charge in [-0.3, -0.25) is 15.0 Å². The van der Waals surface area contributed by atoms with Crippen LogP contribution in [0.4, 0.5) is 5.69 Å². The molecule has 3 unspecified atom stereocenters. The quantitative estimate of drug-likeness (QED) is 0.170. The highest BCUT2D eigenvalue weighted by atomic mass is 35.5. The van der Waals surface area contributed by atoms with Gasteiger partial charge in [-0.05, 0) is 38.2 Å². The molecule has 1 aliphatic carbocycles. The summed E-state index contributed by atoms with van der Waals surface area (Å²) in [5.41, 5.74) is -0.452. The summed E-state index contributed by atoms with van der Waals surface area (Å²) < 4.78 is 0. The molecule has 1 aromatic rings. The van der Waals surface area contributed by atoms with Gasteiger partial charge in [-0.15, -0.1) is 0 Å². The fraction of sp³-hybridized carbons (Fsp3) is 0.696. The lowest BCUT2D eigenvalue weighted by Crippen LogP contribution is -2.60. The van der Waals surface area contributed by atoms with E-state index in [0.29, 0.717) is 25.2 Å². The average molecular weight is 472 g/mol. The molecule has 0 heterocycles. The highest BCUT2D eigenvalue weighted by Gasteiger charge is 2.48. The predicted octanol–water partition coefficient (Wildman–Crippen LogP) is 6.27. The highest BCUT2D eigenvalue weighted by molar-refractivity contribution is 6.33. The molecule has 1 fully saturated rings. The van der Waals surface area contributed by atoms with E-state index in [1.165, 1.54) is 19.1 Å². The van der Waals surface area contributed by atoms with E-state index >= 15 is 0 Å². The normalized spacial score (nSPS) is 18.6. The molecule has 0 radical (unpaired) electrons. The molecule has 0 bridgehead atoms. The van der Waals surface area contributed by atoms with Gasteiger partial charge in [-0.2, -0.15) is 5.21 Å². The third-order valence-electron chi connectivity index (χ3n) is 6.30. The Bertz CT molecular complexity index is 797. The first-order valence-corrected chi connectivity index (χ1v) is 12.0. The molecule has 0 aromatic heterocycles. The Kier molecular flexibility index (Phi) is 9.88. The van der Waals surface area contributed by atoms with Crippen LogP contribution in [0.3, 0.4) is 0 Å². The first-order chi connectivity index (χ1) is 15.1. The summed E-state index contributed by atoms with van der Waals surface area (Å²) >= 11 is 6.37. The Morgan fingerprint density at radius 2 is 1.94 bits per heavy atom. The second-order valence-corrected chi connectivity index (χ2v) is 9.31. The van der Waals surface area contributed by atoms with Gasteiger partial charge in [0.05, 0.1) is 27.8 Å². The van der Waals surface area contributed by atoms with E-state index in [1.54, 1.807) is 0 Å². The van der Waals surface area contributed by atoms with E-state index in [2.05, 4.69) is 13.8 Å². The molecular formula is C23H36ClN2O6+. The molecule has 180 valence electrons. The first-order valence-electron chi connectivity index (χ1n) is 11.6. The van der Waals surface area contributed by atoms with Gasteiger partial charge < -0.3 is 5.11 Å². The molecule has 0 saturated heterocycles. The number of carbonyl (C=O) groups excluding carboxylic acids is 1. The number of nitro benzene ring substituents is 1. The van der Waals surface area contributed by atoms with Gasteiger partial charge in [0, 0.05) is 18.9 Å². The number of aliphatic hydroxyl groups is 1. The maximum Gasteiger partial charge on any atom is 0.388 e. The SMILES string of the molecule is CCCCC(C)CCC(=O)[N+](O)(Oc1ccc([N+](=O)[O-])c(C(C)O)c1Cl)C1CCCCC1. The molecule has 3 atom stereocenters. The molecule has 32 heavy (non-hydrogen) atoms. The predicted molar refractivity (Wildman–Crippen MR) is 121 cm³/mol. The number of nitrogens with zero attached hydrogens (tertiary/aromatic N) is 2. The highest BCUT2D eigenvalue weighted by Crippen LogP contribution is 2.41. The van der Waals surface area contributed by atoms with Crippen LogP contribution in [-0.2, 0) is 4.79 Å². The van der Waals surface area contributed by atoms with Crippen molar-refractivity contribution in [3.05, 3.63) is 32.8 Å². The number of amides is 1. The Morgan fingerprint density at radius 3 is 2.50 bits per heavy atom. The van der Waals surface area contributed by atoms with E-state index < -0.39 is 27.8 Å². The lowest BCUT2D eigenvalue weighted by atomic mass is 9.94. The van der Waals surface area contributed by atoms with E-state index in [0.717, 1.165) is 38.5 Å². The number of carbonyl (C=O) groups is 1. The van der Waals surface area contributed by atoms with Gasteiger partial charge in [-0.1, -0.05) is 51.1 Å². The standard InChI is InChI=1S/C23H36ClN2O6/c1-4-5-9-16(2)12-15-21(28)26(31,18-10-7-6-8-11-18)32-20-14-13-19(25(29)30)22(17(3)27)23(20)24/h13-14,16-18,27,31H,4-12,15H2,1-3H3/q+1. The molecule has 0 spiro atoms. The van der Waals surface area contributed by atoms with Gasteiger partial charge in [0.15, 0.2) is 6.04 Å². The Labute approximate surface area is 194 Å². The zero-order chi connectivity index (χ0) is 23.9. The van der Waals surface area contributed by atoms with Crippen LogP contribution in [0.5, 0.6) is 5.75 Å². The maximum absolute atomic E-state index is 13.2. The largest absolute Gasteiger partial charge is 0.388 e. The van der Waals surface area contributed by atoms with Gasteiger partial charge in [-0.25, -0.2) is 4.79 Å². The van der Waals surface area contributed by atoms with Crippen LogP contribution in [0.15, 0.2) is 12.1 Å². The number of benzene rings is 1. The van der Waals surface area contributed by atoms with Crippen LogP contribution < -0.4 is 4.84 Å². The molecule has 9 heteroatoms. The van der Waals surface area contributed by atoms with Crippen molar-refractivity contribution >= 4 is 23.2 Å². The number of hydrogen-bond donors (Lipinski definition) is 2. The molecule has 0 aliphatic heterocycles. The third kappa shape index (κ3) is 6.41. The second kappa shape index (κ2) is 11.9. The van der Waals surface area contributed by atoms with Crippen LogP contribution in [0.1, 0.15) is 96.6 Å². The van der Waals surface area contributed by atoms with Crippen molar-refractivity contribution in [1.29, 1.82) is 0 Å². The summed E-state index contributed by atoms with van der Waals surface area (Å²) in [6, 6.07) is 2.00. The second-order valence-electron chi connectivity index (χ2n) is 8.93. The summed E-state index contributed by atoms with van der Waals surface area (Å²) in [5.74, 6) is -0.162. The minimum atomic E-state index is -1.23. The van der Waals surface area contributed by atoms with Crippen molar-refractivity contribution in [3.63, 3.8) is 0 Å². The lowest BCUT2D eigenvalue weighted by Gasteiger charge is -2.34. The molecule has 1 amide bonds. The third-order valence-corrected chi connectivity index (χ3v) is 6.69. The Balaban J connectivity index is 2.34. The van der Waals surface area contributed by atoms with Crippen molar-refractivity contribution in [2.45, 2.75) is 97.1 Å². The summed E-state index contributed by atoms with van der Waals surface area (Å²) in [4.78, 5) is 28.6. The average Bonchev–Trinajstić information content (AvgIpc) is 2.77. The first kappa shape index (κ1) is 26.5. The summed E-state index contributed by atoms with van der Waals surface area (Å²) in [6.45, 7) is 5.58.